The molecule has 0 N–H and O–H groups in total. The van der Waals surface area contributed by atoms with E-state index >= 15 is 0 Å². The maximum Gasteiger partial charge on any atom is 0.254 e. The van der Waals surface area contributed by atoms with Crippen LogP contribution in [0, 0.1) is 12.8 Å². The van der Waals surface area contributed by atoms with Gasteiger partial charge in [0.1, 0.15) is 0 Å². The molecule has 31 heavy (non-hydrogen) atoms. The molecule has 166 valence electrons. The highest BCUT2D eigenvalue weighted by Gasteiger charge is 2.23. The molecule has 0 radical (unpaired) electrons. The van der Waals surface area contributed by atoms with Crippen molar-refractivity contribution in [1.82, 2.24) is 4.90 Å². The summed E-state index contributed by atoms with van der Waals surface area (Å²) in [7, 11) is 0. The van der Waals surface area contributed by atoms with Gasteiger partial charge in [0, 0.05) is 37.3 Å². The number of carbonyl (C=O) groups excluding carboxylic acids is 2. The number of nitrogens with zero attached hydrogens (tertiary/aromatic N) is 2. The molecule has 2 aromatic rings. The topological polar surface area (TPSA) is 40.6 Å². The van der Waals surface area contributed by atoms with Crippen LogP contribution in [0.5, 0.6) is 0 Å². The number of amides is 2. The smallest absolute Gasteiger partial charge is 0.254 e. The predicted molar refractivity (Wildman–Crippen MR) is 127 cm³/mol. The third-order valence-corrected chi connectivity index (χ3v) is 6.00. The van der Waals surface area contributed by atoms with E-state index in [4.69, 9.17) is 0 Å². The Morgan fingerprint density at radius 3 is 2.26 bits per heavy atom. The van der Waals surface area contributed by atoms with Crippen LogP contribution < -0.4 is 4.90 Å². The molecule has 4 heteroatoms. The van der Waals surface area contributed by atoms with Gasteiger partial charge in [-0.25, -0.2) is 0 Å². The minimum absolute atomic E-state index is 0.0741. The number of hydrogen-bond donors (Lipinski definition) is 0. The van der Waals surface area contributed by atoms with Crippen LogP contribution >= 0.6 is 0 Å². The monoisotopic (exact) mass is 420 g/mol. The van der Waals surface area contributed by atoms with Crippen molar-refractivity contribution in [2.75, 3.05) is 18.0 Å². The van der Waals surface area contributed by atoms with Crippen molar-refractivity contribution in [3.63, 3.8) is 0 Å². The Labute approximate surface area is 187 Å². The first-order valence-corrected chi connectivity index (χ1v) is 11.7. The number of aryl methyl sites for hydroxylation is 1. The van der Waals surface area contributed by atoms with Gasteiger partial charge in [-0.2, -0.15) is 0 Å². The van der Waals surface area contributed by atoms with E-state index in [-0.39, 0.29) is 11.8 Å². The van der Waals surface area contributed by atoms with Gasteiger partial charge in [-0.3, -0.25) is 9.59 Å². The second-order valence-electron chi connectivity index (χ2n) is 9.08. The highest BCUT2D eigenvalue weighted by molar-refractivity contribution is 5.96. The zero-order valence-corrected chi connectivity index (χ0v) is 19.3. The van der Waals surface area contributed by atoms with Crippen molar-refractivity contribution >= 4 is 17.5 Å². The maximum atomic E-state index is 13.5. The van der Waals surface area contributed by atoms with Crippen molar-refractivity contribution in [1.29, 1.82) is 0 Å². The Hall–Kier alpha value is -2.62. The molecule has 2 aromatic carbocycles. The summed E-state index contributed by atoms with van der Waals surface area (Å²) >= 11 is 0. The van der Waals surface area contributed by atoms with Crippen LogP contribution in [0.3, 0.4) is 0 Å². The van der Waals surface area contributed by atoms with Gasteiger partial charge in [-0.1, -0.05) is 69.5 Å². The van der Waals surface area contributed by atoms with E-state index in [9.17, 15) is 9.59 Å². The van der Waals surface area contributed by atoms with Crippen LogP contribution in [0.1, 0.15) is 73.9 Å². The fraction of sp³-hybridized carbons (Fsp3) is 0.481. The molecule has 1 aliphatic heterocycles. The molecule has 0 spiro atoms. The molecule has 0 bridgehead atoms. The maximum absolute atomic E-state index is 13.5. The van der Waals surface area contributed by atoms with E-state index in [1.165, 1.54) is 0 Å². The lowest BCUT2D eigenvalue weighted by molar-refractivity contribution is -0.119. The van der Waals surface area contributed by atoms with Crippen LogP contribution in [0.4, 0.5) is 5.69 Å². The molecule has 1 heterocycles. The Morgan fingerprint density at radius 1 is 0.871 bits per heavy atom. The van der Waals surface area contributed by atoms with Crippen LogP contribution in [-0.2, 0) is 11.3 Å². The predicted octanol–water partition coefficient (Wildman–Crippen LogP) is 5.98. The molecule has 1 aliphatic rings. The molecule has 3 rings (SSSR count). The summed E-state index contributed by atoms with van der Waals surface area (Å²) in [6, 6.07) is 15.9. The van der Waals surface area contributed by atoms with Gasteiger partial charge in [0.05, 0.1) is 0 Å². The number of carbonyl (C=O) groups is 2. The molecule has 0 aliphatic carbocycles. The highest BCUT2D eigenvalue weighted by Crippen LogP contribution is 2.26. The van der Waals surface area contributed by atoms with Crippen molar-refractivity contribution in [3.05, 3.63) is 65.2 Å². The molecule has 0 unspecified atom stereocenters. The minimum atomic E-state index is 0.0741. The lowest BCUT2D eigenvalue weighted by atomic mass is 10.0. The van der Waals surface area contributed by atoms with Gasteiger partial charge in [0.2, 0.25) is 5.91 Å². The quantitative estimate of drug-likeness (QED) is 0.613. The van der Waals surface area contributed by atoms with Crippen molar-refractivity contribution < 1.29 is 9.59 Å². The fourth-order valence-corrected chi connectivity index (χ4v) is 4.29. The second kappa shape index (κ2) is 11.1. The number of anilines is 1. The first-order chi connectivity index (χ1) is 15.0. The molecule has 0 saturated carbocycles. The van der Waals surface area contributed by atoms with Gasteiger partial charge in [-0.15, -0.1) is 0 Å². The van der Waals surface area contributed by atoms with E-state index < -0.39 is 0 Å². The first-order valence-electron chi connectivity index (χ1n) is 11.7. The summed E-state index contributed by atoms with van der Waals surface area (Å²) in [5.41, 5.74) is 3.76. The number of hydrogen-bond acceptors (Lipinski definition) is 2. The van der Waals surface area contributed by atoms with E-state index in [2.05, 4.69) is 19.9 Å². The first kappa shape index (κ1) is 23.1. The highest BCUT2D eigenvalue weighted by atomic mass is 16.2. The van der Waals surface area contributed by atoms with Gasteiger partial charge in [-0.05, 0) is 48.9 Å². The average molecular weight is 421 g/mol. The van der Waals surface area contributed by atoms with Gasteiger partial charge >= 0.3 is 0 Å². The zero-order chi connectivity index (χ0) is 22.2. The van der Waals surface area contributed by atoms with E-state index in [0.29, 0.717) is 18.9 Å². The van der Waals surface area contributed by atoms with E-state index in [0.717, 1.165) is 67.6 Å². The summed E-state index contributed by atoms with van der Waals surface area (Å²) in [5, 5.41) is 0. The number of benzene rings is 2. The summed E-state index contributed by atoms with van der Waals surface area (Å²) in [6.07, 6.45) is 5.93. The third-order valence-electron chi connectivity index (χ3n) is 6.00. The van der Waals surface area contributed by atoms with Crippen LogP contribution in [0.15, 0.2) is 48.5 Å². The normalized spacial score (nSPS) is 15.7. The Kier molecular flexibility index (Phi) is 8.27. The Morgan fingerprint density at radius 2 is 1.52 bits per heavy atom. The minimum Gasteiger partial charge on any atom is -0.334 e. The summed E-state index contributed by atoms with van der Waals surface area (Å²) in [5.74, 6) is 0.571. The Balaban J connectivity index is 1.95. The van der Waals surface area contributed by atoms with Crippen LogP contribution in [0.25, 0.3) is 0 Å². The van der Waals surface area contributed by atoms with Crippen molar-refractivity contribution in [3.8, 4) is 0 Å². The average Bonchev–Trinajstić information content (AvgIpc) is 2.73. The summed E-state index contributed by atoms with van der Waals surface area (Å²) in [4.78, 5) is 30.5. The molecular weight excluding hydrogens is 384 g/mol. The lowest BCUT2D eigenvalue weighted by Crippen LogP contribution is -2.36. The molecular formula is C27H36N2O2. The molecule has 0 atom stereocenters. The standard InChI is InChI=1S/C27H36N2O2/c1-21(2)19-26(30)29-18-12-6-4-5-11-17-28(20-23-14-8-10-16-25(23)29)27(31)24-15-9-7-13-22(24)3/h7-10,13-16,21H,4-6,11-12,17-20H2,1-3H3. The van der Waals surface area contributed by atoms with Crippen LogP contribution in [-0.4, -0.2) is 29.8 Å². The van der Waals surface area contributed by atoms with Crippen molar-refractivity contribution in [2.24, 2.45) is 5.92 Å². The number of rotatable bonds is 3. The van der Waals surface area contributed by atoms with Crippen LogP contribution in [0.2, 0.25) is 0 Å². The number of fused-ring (bicyclic) bond motifs is 1. The molecule has 0 aromatic heterocycles. The molecule has 0 fully saturated rings. The van der Waals surface area contributed by atoms with Gasteiger partial charge < -0.3 is 9.80 Å². The third kappa shape index (κ3) is 6.19. The SMILES string of the molecule is Cc1ccccc1C(=O)N1CCCCCCCN(C(=O)CC(C)C)c2ccccc2C1. The van der Waals surface area contributed by atoms with Gasteiger partial charge in [0.15, 0.2) is 0 Å². The fourth-order valence-electron chi connectivity index (χ4n) is 4.29. The van der Waals surface area contributed by atoms with Crippen molar-refractivity contribution in [2.45, 2.75) is 65.8 Å². The van der Waals surface area contributed by atoms with Gasteiger partial charge in [0.25, 0.3) is 5.91 Å². The number of para-hydroxylation sites is 1. The molecule has 0 saturated heterocycles. The lowest BCUT2D eigenvalue weighted by Gasteiger charge is -2.30. The largest absolute Gasteiger partial charge is 0.334 e. The van der Waals surface area contributed by atoms with E-state index in [1.54, 1.807) is 0 Å². The molecule has 4 nitrogen and oxygen atoms in total. The Bertz CT molecular complexity index is 890. The summed E-state index contributed by atoms with van der Waals surface area (Å²) in [6.45, 7) is 8.17. The molecule has 2 amide bonds. The van der Waals surface area contributed by atoms with E-state index in [1.807, 2.05) is 59.2 Å². The summed E-state index contributed by atoms with van der Waals surface area (Å²) < 4.78 is 0. The zero-order valence-electron chi connectivity index (χ0n) is 19.3. The second-order valence-corrected chi connectivity index (χ2v) is 9.08.